The first-order chi connectivity index (χ1) is 9.84. The van der Waals surface area contributed by atoms with Crippen LogP contribution in [0.2, 0.25) is 0 Å². The summed E-state index contributed by atoms with van der Waals surface area (Å²) in [6.07, 6.45) is 4.12. The normalized spacial score (nSPS) is 33.6. The van der Waals surface area contributed by atoms with E-state index in [2.05, 4.69) is 69.3 Å². The molecule has 0 aliphatic heterocycles. The van der Waals surface area contributed by atoms with Crippen molar-refractivity contribution in [1.82, 2.24) is 4.90 Å². The van der Waals surface area contributed by atoms with Crippen molar-refractivity contribution < 1.29 is 0 Å². The van der Waals surface area contributed by atoms with E-state index in [0.29, 0.717) is 16.9 Å². The fourth-order valence-corrected chi connectivity index (χ4v) is 4.75. The third kappa shape index (κ3) is 2.28. The second-order valence-corrected chi connectivity index (χ2v) is 8.20. The van der Waals surface area contributed by atoms with E-state index in [0.717, 1.165) is 12.5 Å². The molecule has 2 aliphatic rings. The van der Waals surface area contributed by atoms with Gasteiger partial charge in [0.25, 0.3) is 0 Å². The molecule has 0 radical (unpaired) electrons. The van der Waals surface area contributed by atoms with Crippen LogP contribution in [0.5, 0.6) is 0 Å². The van der Waals surface area contributed by atoms with Crippen molar-refractivity contribution in [2.45, 2.75) is 52.6 Å². The Bertz CT molecular complexity index is 520. The van der Waals surface area contributed by atoms with Gasteiger partial charge >= 0.3 is 0 Å². The molecule has 21 heavy (non-hydrogen) atoms. The van der Waals surface area contributed by atoms with E-state index in [1.807, 2.05) is 0 Å². The van der Waals surface area contributed by atoms with Crippen LogP contribution in [-0.2, 0) is 6.54 Å². The van der Waals surface area contributed by atoms with Gasteiger partial charge in [0.2, 0.25) is 0 Å². The van der Waals surface area contributed by atoms with Crippen LogP contribution in [0.1, 0.15) is 45.6 Å². The second-order valence-electron chi connectivity index (χ2n) is 8.20. The highest BCUT2D eigenvalue weighted by Gasteiger charge is 2.61. The van der Waals surface area contributed by atoms with Crippen molar-refractivity contribution in [2.75, 3.05) is 19.4 Å². The van der Waals surface area contributed by atoms with Gasteiger partial charge in [-0.05, 0) is 61.7 Å². The number of rotatable bonds is 4. The Morgan fingerprint density at radius 2 is 1.90 bits per heavy atom. The first-order valence-corrected chi connectivity index (χ1v) is 8.34. The van der Waals surface area contributed by atoms with Crippen molar-refractivity contribution in [2.24, 2.45) is 16.7 Å². The molecule has 0 aromatic heterocycles. The molecule has 1 aromatic rings. The zero-order chi connectivity index (χ0) is 15.3. The Hall–Kier alpha value is -1.02. The first-order valence-electron chi connectivity index (χ1n) is 8.34. The number of hydrogen-bond acceptors (Lipinski definition) is 2. The van der Waals surface area contributed by atoms with E-state index in [1.54, 1.807) is 0 Å². The number of benzene rings is 1. The van der Waals surface area contributed by atoms with Gasteiger partial charge in [-0.15, -0.1) is 0 Å². The highest BCUT2D eigenvalue weighted by molar-refractivity contribution is 5.52. The minimum atomic E-state index is 0.433. The van der Waals surface area contributed by atoms with E-state index in [1.165, 1.54) is 30.5 Å². The highest BCUT2D eigenvalue weighted by atomic mass is 15.1. The van der Waals surface area contributed by atoms with Crippen LogP contribution in [0.15, 0.2) is 24.3 Å². The smallest absolute Gasteiger partial charge is 0.0388 e. The minimum absolute atomic E-state index is 0.433. The molecule has 3 unspecified atom stereocenters. The summed E-state index contributed by atoms with van der Waals surface area (Å²) in [5.41, 5.74) is 3.65. The molecule has 3 atom stereocenters. The lowest BCUT2D eigenvalue weighted by Crippen LogP contribution is -2.40. The molecule has 2 heteroatoms. The maximum Gasteiger partial charge on any atom is 0.0388 e. The van der Waals surface area contributed by atoms with Crippen LogP contribution in [-0.4, -0.2) is 25.0 Å². The van der Waals surface area contributed by atoms with Crippen molar-refractivity contribution in [1.29, 1.82) is 0 Å². The van der Waals surface area contributed by atoms with Crippen molar-refractivity contribution in [3.05, 3.63) is 29.8 Å². The summed E-state index contributed by atoms with van der Waals surface area (Å²) in [6, 6.07) is 9.43. The zero-order valence-electron chi connectivity index (χ0n) is 14.2. The number of nitrogens with one attached hydrogen (secondary N) is 1. The fraction of sp³-hybridized carbons (Fsp3) is 0.684. The van der Waals surface area contributed by atoms with Crippen LogP contribution in [0.3, 0.4) is 0 Å². The largest absolute Gasteiger partial charge is 0.381 e. The van der Waals surface area contributed by atoms with Gasteiger partial charge in [0.1, 0.15) is 0 Å². The molecule has 2 bridgehead atoms. The predicted octanol–water partition coefficient (Wildman–Crippen LogP) is 4.37. The topological polar surface area (TPSA) is 15.3 Å². The molecule has 0 saturated heterocycles. The summed E-state index contributed by atoms with van der Waals surface area (Å²) >= 11 is 0. The third-order valence-electron chi connectivity index (χ3n) is 6.63. The number of hydrogen-bond donors (Lipinski definition) is 1. The molecule has 2 nitrogen and oxygen atoms in total. The van der Waals surface area contributed by atoms with E-state index in [9.17, 15) is 0 Å². The molecule has 0 heterocycles. The Kier molecular flexibility index (Phi) is 3.56. The first kappa shape index (κ1) is 14.9. The van der Waals surface area contributed by atoms with Crippen molar-refractivity contribution in [3.8, 4) is 0 Å². The number of nitrogens with zero attached hydrogens (tertiary/aromatic N) is 1. The molecular formula is C19H30N2. The van der Waals surface area contributed by atoms with Gasteiger partial charge in [-0.1, -0.05) is 39.0 Å². The minimum Gasteiger partial charge on any atom is -0.381 e. The molecule has 1 aromatic carbocycles. The quantitative estimate of drug-likeness (QED) is 0.884. The summed E-state index contributed by atoms with van der Waals surface area (Å²) in [5.74, 6) is 0.890. The average Bonchev–Trinajstić information content (AvgIpc) is 2.73. The number of fused-ring (bicyclic) bond motifs is 2. The molecule has 0 spiro atoms. The van der Waals surface area contributed by atoms with Crippen LogP contribution >= 0.6 is 0 Å². The van der Waals surface area contributed by atoms with Crippen LogP contribution < -0.4 is 5.32 Å². The van der Waals surface area contributed by atoms with Crippen molar-refractivity contribution in [3.63, 3.8) is 0 Å². The Labute approximate surface area is 129 Å². The number of anilines is 1. The van der Waals surface area contributed by atoms with Gasteiger partial charge in [0.05, 0.1) is 0 Å². The molecule has 2 fully saturated rings. The monoisotopic (exact) mass is 286 g/mol. The molecule has 1 N–H and O–H groups in total. The van der Waals surface area contributed by atoms with Gasteiger partial charge in [0, 0.05) is 18.3 Å². The highest BCUT2D eigenvalue weighted by Crippen LogP contribution is 2.65. The molecule has 2 aliphatic carbocycles. The van der Waals surface area contributed by atoms with Crippen LogP contribution in [0, 0.1) is 16.7 Å². The van der Waals surface area contributed by atoms with Gasteiger partial charge in [-0.2, -0.15) is 0 Å². The van der Waals surface area contributed by atoms with E-state index in [4.69, 9.17) is 0 Å². The maximum absolute atomic E-state index is 3.92. The average molecular weight is 286 g/mol. The van der Waals surface area contributed by atoms with Gasteiger partial charge in [-0.25, -0.2) is 0 Å². The lowest BCUT2D eigenvalue weighted by Gasteiger charge is -2.40. The Morgan fingerprint density at radius 1 is 1.19 bits per heavy atom. The van der Waals surface area contributed by atoms with E-state index >= 15 is 0 Å². The maximum atomic E-state index is 3.92. The summed E-state index contributed by atoms with van der Waals surface area (Å²) in [7, 11) is 4.28. The summed E-state index contributed by atoms with van der Waals surface area (Å²) in [5, 5.41) is 3.92. The Balaban J connectivity index is 1.83. The summed E-state index contributed by atoms with van der Waals surface area (Å²) in [6.45, 7) is 8.47. The van der Waals surface area contributed by atoms with Crippen molar-refractivity contribution >= 4 is 5.69 Å². The fourth-order valence-electron chi connectivity index (χ4n) is 4.75. The predicted molar refractivity (Wildman–Crippen MR) is 90.5 cm³/mol. The van der Waals surface area contributed by atoms with Crippen LogP contribution in [0.25, 0.3) is 0 Å². The number of para-hydroxylation sites is 1. The summed E-state index contributed by atoms with van der Waals surface area (Å²) in [4.78, 5) is 2.24. The van der Waals surface area contributed by atoms with Crippen LogP contribution in [0.4, 0.5) is 5.69 Å². The molecule has 3 rings (SSSR count). The lowest BCUT2D eigenvalue weighted by molar-refractivity contribution is 0.142. The zero-order valence-corrected chi connectivity index (χ0v) is 14.2. The standard InChI is InChI=1S/C19H30N2/c1-18(2)15-10-11-19(18,3)17(12-15)20-16-9-7-6-8-14(16)13-21(4)5/h6-9,15,17,20H,10-13H2,1-5H3. The molecular weight excluding hydrogens is 256 g/mol. The molecule has 116 valence electrons. The third-order valence-corrected chi connectivity index (χ3v) is 6.63. The SMILES string of the molecule is CN(C)Cc1ccccc1NC1CC2CCC1(C)C2(C)C. The van der Waals surface area contributed by atoms with E-state index < -0.39 is 0 Å². The molecule has 2 saturated carbocycles. The van der Waals surface area contributed by atoms with Gasteiger partial charge < -0.3 is 10.2 Å². The van der Waals surface area contributed by atoms with Gasteiger partial charge in [0.15, 0.2) is 0 Å². The molecule has 0 amide bonds. The van der Waals surface area contributed by atoms with Gasteiger partial charge in [-0.3, -0.25) is 0 Å². The summed E-state index contributed by atoms with van der Waals surface area (Å²) < 4.78 is 0. The Morgan fingerprint density at radius 3 is 2.48 bits per heavy atom. The lowest BCUT2D eigenvalue weighted by atomic mass is 9.69. The van der Waals surface area contributed by atoms with E-state index in [-0.39, 0.29) is 0 Å². The second kappa shape index (κ2) is 5.01.